The third-order valence-corrected chi connectivity index (χ3v) is 8.38. The van der Waals surface area contributed by atoms with E-state index in [1.54, 1.807) is 0 Å². The molecule has 1 amide bonds. The van der Waals surface area contributed by atoms with Gasteiger partial charge in [0.15, 0.2) is 0 Å². The van der Waals surface area contributed by atoms with Crippen LogP contribution in [0, 0.1) is 11.3 Å². The second-order valence-corrected chi connectivity index (χ2v) is 10.4. The van der Waals surface area contributed by atoms with E-state index in [1.807, 2.05) is 0 Å². The molecule has 4 fully saturated rings. The molecule has 3 aliphatic heterocycles. The lowest BCUT2D eigenvalue weighted by Crippen LogP contribution is -2.50. The van der Waals surface area contributed by atoms with Crippen LogP contribution in [0.3, 0.4) is 0 Å². The zero-order valence-corrected chi connectivity index (χ0v) is 18.9. The van der Waals surface area contributed by atoms with E-state index in [2.05, 4.69) is 26.5 Å². The van der Waals surface area contributed by atoms with Crippen LogP contribution >= 0.6 is 0 Å². The Balaban J connectivity index is 1.21. The maximum Gasteiger partial charge on any atom is 0.236 e. The molecular weight excluding hydrogens is 360 g/mol. The molecule has 3 saturated heterocycles. The number of carbonyl (C=O) groups is 1. The molecule has 1 spiro atoms. The third-order valence-electron chi connectivity index (χ3n) is 8.38. The lowest BCUT2D eigenvalue weighted by Gasteiger charge is -2.41. The van der Waals surface area contributed by atoms with Crippen LogP contribution in [-0.2, 0) is 4.79 Å². The molecule has 166 valence electrons. The first-order valence-electron chi connectivity index (χ1n) is 12.6. The van der Waals surface area contributed by atoms with Crippen molar-refractivity contribution in [1.29, 1.82) is 0 Å². The van der Waals surface area contributed by atoms with Crippen molar-refractivity contribution < 1.29 is 4.79 Å². The molecule has 5 heteroatoms. The van der Waals surface area contributed by atoms with Crippen molar-refractivity contribution in [1.82, 2.24) is 19.6 Å². The lowest BCUT2D eigenvalue weighted by molar-refractivity contribution is -0.132. The summed E-state index contributed by atoms with van der Waals surface area (Å²) in [5.74, 6) is 1.36. The molecule has 0 unspecified atom stereocenters. The number of likely N-dealkylation sites (N-methyl/N-ethyl adjacent to an activating group) is 1. The van der Waals surface area contributed by atoms with E-state index in [9.17, 15) is 4.79 Å². The summed E-state index contributed by atoms with van der Waals surface area (Å²) in [5.41, 5.74) is 0.390. The van der Waals surface area contributed by atoms with Gasteiger partial charge in [0.05, 0.1) is 6.54 Å². The van der Waals surface area contributed by atoms with E-state index in [-0.39, 0.29) is 0 Å². The normalized spacial score (nSPS) is 31.0. The van der Waals surface area contributed by atoms with Crippen LogP contribution in [0.15, 0.2) is 0 Å². The largest absolute Gasteiger partial charge is 0.341 e. The highest BCUT2D eigenvalue weighted by molar-refractivity contribution is 5.78. The van der Waals surface area contributed by atoms with Gasteiger partial charge in [-0.15, -0.1) is 0 Å². The molecule has 29 heavy (non-hydrogen) atoms. The fourth-order valence-corrected chi connectivity index (χ4v) is 6.38. The maximum absolute atomic E-state index is 13.0. The summed E-state index contributed by atoms with van der Waals surface area (Å²) < 4.78 is 0. The van der Waals surface area contributed by atoms with Gasteiger partial charge >= 0.3 is 0 Å². The maximum atomic E-state index is 13.0. The molecule has 5 nitrogen and oxygen atoms in total. The van der Waals surface area contributed by atoms with Crippen LogP contribution in [0.25, 0.3) is 0 Å². The minimum atomic E-state index is 0.381. The summed E-state index contributed by atoms with van der Waals surface area (Å²) >= 11 is 0. The first kappa shape index (κ1) is 21.6. The minimum Gasteiger partial charge on any atom is -0.341 e. The summed E-state index contributed by atoms with van der Waals surface area (Å²) in [5, 5.41) is 0. The SMILES string of the molecule is CCN1CCN(CC(=O)N2CC[C@]3(CCCN(CCC4CCCCC4)C3)C2)CC1. The summed E-state index contributed by atoms with van der Waals surface area (Å²) in [6.45, 7) is 14.1. The van der Waals surface area contributed by atoms with E-state index >= 15 is 0 Å². The first-order valence-corrected chi connectivity index (χ1v) is 12.6. The predicted molar refractivity (Wildman–Crippen MR) is 119 cm³/mol. The number of piperazine rings is 1. The van der Waals surface area contributed by atoms with Crippen LogP contribution in [0.2, 0.25) is 0 Å². The minimum absolute atomic E-state index is 0.381. The van der Waals surface area contributed by atoms with Gasteiger partial charge in [0, 0.05) is 51.2 Å². The summed E-state index contributed by atoms with van der Waals surface area (Å²) in [6, 6.07) is 0. The van der Waals surface area contributed by atoms with Gasteiger partial charge < -0.3 is 14.7 Å². The van der Waals surface area contributed by atoms with Crippen molar-refractivity contribution in [2.45, 2.75) is 64.7 Å². The van der Waals surface area contributed by atoms with E-state index in [4.69, 9.17) is 0 Å². The highest BCUT2D eigenvalue weighted by atomic mass is 16.2. The second kappa shape index (κ2) is 10.1. The predicted octanol–water partition coefficient (Wildman–Crippen LogP) is 2.91. The topological polar surface area (TPSA) is 30.0 Å². The van der Waals surface area contributed by atoms with Crippen molar-refractivity contribution >= 4 is 5.91 Å². The molecule has 3 heterocycles. The number of nitrogens with zero attached hydrogens (tertiary/aromatic N) is 4. The smallest absolute Gasteiger partial charge is 0.236 e. The van der Waals surface area contributed by atoms with Crippen molar-refractivity contribution in [3.8, 4) is 0 Å². The Morgan fingerprint density at radius 3 is 2.34 bits per heavy atom. The van der Waals surface area contributed by atoms with Crippen LogP contribution in [0.4, 0.5) is 0 Å². The summed E-state index contributed by atoms with van der Waals surface area (Å²) in [7, 11) is 0. The Labute approximate surface area is 178 Å². The fourth-order valence-electron chi connectivity index (χ4n) is 6.38. The molecule has 0 N–H and O–H groups in total. The highest BCUT2D eigenvalue weighted by Crippen LogP contribution is 2.39. The number of carbonyl (C=O) groups excluding carboxylic acids is 1. The van der Waals surface area contributed by atoms with Gasteiger partial charge in [0.2, 0.25) is 5.91 Å². The molecule has 1 saturated carbocycles. The average Bonchev–Trinajstić information content (AvgIpc) is 3.17. The molecular formula is C24H44N4O. The quantitative estimate of drug-likeness (QED) is 0.681. The van der Waals surface area contributed by atoms with Crippen LogP contribution < -0.4 is 0 Å². The molecule has 1 atom stereocenters. The van der Waals surface area contributed by atoms with Gasteiger partial charge in [0.25, 0.3) is 0 Å². The Morgan fingerprint density at radius 1 is 0.828 bits per heavy atom. The van der Waals surface area contributed by atoms with Crippen molar-refractivity contribution in [3.05, 3.63) is 0 Å². The average molecular weight is 405 g/mol. The highest BCUT2D eigenvalue weighted by Gasteiger charge is 2.42. The van der Waals surface area contributed by atoms with Gasteiger partial charge in [-0.2, -0.15) is 0 Å². The number of hydrogen-bond acceptors (Lipinski definition) is 4. The summed E-state index contributed by atoms with van der Waals surface area (Å²) in [4.78, 5) is 22.8. The van der Waals surface area contributed by atoms with E-state index in [0.717, 1.165) is 51.7 Å². The number of hydrogen-bond donors (Lipinski definition) is 0. The standard InChI is InChI=1S/C24H44N4O/c1-2-25-15-17-26(18-16-25)19-23(29)28-14-11-24(21-28)10-6-12-27(20-24)13-9-22-7-4-3-5-8-22/h22H,2-21H2,1H3/t24-/m0/s1. The number of likely N-dealkylation sites (tertiary alicyclic amines) is 2. The monoisotopic (exact) mass is 404 g/mol. The van der Waals surface area contributed by atoms with Crippen molar-refractivity contribution in [3.63, 3.8) is 0 Å². The van der Waals surface area contributed by atoms with Gasteiger partial charge in [-0.1, -0.05) is 39.0 Å². The van der Waals surface area contributed by atoms with Crippen molar-refractivity contribution in [2.75, 3.05) is 72.0 Å². The lowest BCUT2D eigenvalue weighted by atomic mass is 9.79. The van der Waals surface area contributed by atoms with E-state index in [0.29, 0.717) is 17.9 Å². The van der Waals surface area contributed by atoms with Crippen LogP contribution in [-0.4, -0.2) is 97.5 Å². The Kier molecular flexibility index (Phi) is 7.52. The van der Waals surface area contributed by atoms with Gasteiger partial charge in [-0.05, 0) is 51.2 Å². The van der Waals surface area contributed by atoms with Crippen LogP contribution in [0.1, 0.15) is 64.7 Å². The molecule has 0 radical (unpaired) electrons. The second-order valence-electron chi connectivity index (χ2n) is 10.4. The van der Waals surface area contributed by atoms with Crippen LogP contribution in [0.5, 0.6) is 0 Å². The van der Waals surface area contributed by atoms with E-state index < -0.39 is 0 Å². The Bertz CT molecular complexity index is 527. The molecule has 0 bridgehead atoms. The Morgan fingerprint density at radius 2 is 1.59 bits per heavy atom. The number of amides is 1. The van der Waals surface area contributed by atoms with Gasteiger partial charge in [-0.3, -0.25) is 9.69 Å². The van der Waals surface area contributed by atoms with Gasteiger partial charge in [0.1, 0.15) is 0 Å². The third kappa shape index (κ3) is 5.74. The van der Waals surface area contributed by atoms with E-state index in [1.165, 1.54) is 77.4 Å². The molecule has 4 rings (SSSR count). The van der Waals surface area contributed by atoms with Crippen molar-refractivity contribution in [2.24, 2.45) is 11.3 Å². The molecule has 0 aromatic heterocycles. The zero-order chi connectivity index (χ0) is 20.1. The van der Waals surface area contributed by atoms with Gasteiger partial charge in [-0.25, -0.2) is 0 Å². The number of rotatable bonds is 6. The molecule has 0 aromatic rings. The fraction of sp³-hybridized carbons (Fsp3) is 0.958. The molecule has 0 aromatic carbocycles. The summed E-state index contributed by atoms with van der Waals surface area (Å²) in [6.07, 6.45) is 12.6. The first-order chi connectivity index (χ1) is 14.2. The molecule has 4 aliphatic rings. The molecule has 1 aliphatic carbocycles. The zero-order valence-electron chi connectivity index (χ0n) is 18.9. The Hall–Kier alpha value is -0.650. The number of piperidine rings is 1.